The first-order valence-corrected chi connectivity index (χ1v) is 5.67. The van der Waals surface area contributed by atoms with Gasteiger partial charge < -0.3 is 5.11 Å². The molecule has 1 heterocycles. The molecular formula is C11H21N3O. The fourth-order valence-electron chi connectivity index (χ4n) is 2.05. The fourth-order valence-corrected chi connectivity index (χ4v) is 2.05. The maximum atomic E-state index is 10.4. The number of nitrogens with zero attached hydrogens (tertiary/aromatic N) is 3. The van der Waals surface area contributed by atoms with Gasteiger partial charge in [0.25, 0.3) is 0 Å². The van der Waals surface area contributed by atoms with Crippen LogP contribution in [0.15, 0.2) is 6.20 Å². The van der Waals surface area contributed by atoms with Gasteiger partial charge in [0.1, 0.15) is 0 Å². The van der Waals surface area contributed by atoms with Gasteiger partial charge in [-0.05, 0) is 12.8 Å². The molecule has 0 aliphatic carbocycles. The highest BCUT2D eigenvalue weighted by Gasteiger charge is 2.26. The number of hydrogen-bond acceptors (Lipinski definition) is 3. The Balaban J connectivity index is 2.65. The van der Waals surface area contributed by atoms with E-state index in [4.69, 9.17) is 0 Å². The Morgan fingerprint density at radius 2 is 1.93 bits per heavy atom. The summed E-state index contributed by atoms with van der Waals surface area (Å²) in [5, 5.41) is 18.3. The van der Waals surface area contributed by atoms with Gasteiger partial charge >= 0.3 is 0 Å². The summed E-state index contributed by atoms with van der Waals surface area (Å²) in [7, 11) is 1.84. The van der Waals surface area contributed by atoms with Crippen LogP contribution in [0, 0.1) is 0 Å². The molecule has 4 nitrogen and oxygen atoms in total. The van der Waals surface area contributed by atoms with Crippen molar-refractivity contribution in [2.75, 3.05) is 0 Å². The molecule has 0 saturated heterocycles. The van der Waals surface area contributed by atoms with Gasteiger partial charge in [0, 0.05) is 19.7 Å². The topological polar surface area (TPSA) is 50.9 Å². The molecule has 0 aliphatic heterocycles. The monoisotopic (exact) mass is 211 g/mol. The first-order valence-electron chi connectivity index (χ1n) is 5.67. The van der Waals surface area contributed by atoms with E-state index in [1.165, 1.54) is 0 Å². The first-order chi connectivity index (χ1) is 7.09. The van der Waals surface area contributed by atoms with Crippen molar-refractivity contribution >= 4 is 0 Å². The van der Waals surface area contributed by atoms with E-state index in [9.17, 15) is 5.11 Å². The van der Waals surface area contributed by atoms with Crippen LogP contribution in [0.3, 0.4) is 0 Å². The fraction of sp³-hybridized carbons (Fsp3) is 0.818. The molecule has 4 heteroatoms. The van der Waals surface area contributed by atoms with Gasteiger partial charge in [-0.15, -0.1) is 5.10 Å². The predicted octanol–water partition coefficient (Wildman–Crippen LogP) is 1.69. The van der Waals surface area contributed by atoms with Crippen LogP contribution in [0.5, 0.6) is 0 Å². The minimum Gasteiger partial charge on any atom is -0.389 e. The molecule has 1 N–H and O–H groups in total. The molecule has 0 spiro atoms. The summed E-state index contributed by atoms with van der Waals surface area (Å²) in [6.07, 6.45) is 6.14. The molecule has 1 aromatic rings. The van der Waals surface area contributed by atoms with Crippen LogP contribution in [-0.4, -0.2) is 25.7 Å². The minimum atomic E-state index is -0.598. The smallest absolute Gasteiger partial charge is 0.0855 e. The summed E-state index contributed by atoms with van der Waals surface area (Å²) in [5.41, 5.74) is 0.279. The molecule has 0 atom stereocenters. The zero-order chi connectivity index (χ0) is 11.3. The zero-order valence-corrected chi connectivity index (χ0v) is 9.90. The third kappa shape index (κ3) is 3.63. The molecule has 0 fully saturated rings. The minimum absolute atomic E-state index is 0.598. The van der Waals surface area contributed by atoms with E-state index in [0.29, 0.717) is 6.42 Å². The lowest BCUT2D eigenvalue weighted by Crippen LogP contribution is -2.31. The van der Waals surface area contributed by atoms with Crippen molar-refractivity contribution in [1.82, 2.24) is 15.0 Å². The molecule has 1 aromatic heterocycles. The van der Waals surface area contributed by atoms with E-state index in [0.717, 1.165) is 31.4 Å². The Morgan fingerprint density at radius 3 is 2.33 bits per heavy atom. The summed E-state index contributed by atoms with van der Waals surface area (Å²) in [5.74, 6) is 0. The second-order valence-electron chi connectivity index (χ2n) is 4.28. The van der Waals surface area contributed by atoms with Crippen LogP contribution in [0.4, 0.5) is 0 Å². The Bertz CT molecular complexity index is 290. The Kier molecular flexibility index (Phi) is 4.27. The molecule has 0 bridgehead atoms. The highest BCUT2D eigenvalue weighted by molar-refractivity contribution is 4.99. The molecule has 0 amide bonds. The van der Waals surface area contributed by atoms with Gasteiger partial charge in [0.2, 0.25) is 0 Å². The summed E-state index contributed by atoms with van der Waals surface area (Å²) in [4.78, 5) is 0. The quantitative estimate of drug-likeness (QED) is 0.779. The number of hydrogen-bond donors (Lipinski definition) is 1. The van der Waals surface area contributed by atoms with Crippen molar-refractivity contribution in [3.63, 3.8) is 0 Å². The first kappa shape index (κ1) is 12.2. The largest absolute Gasteiger partial charge is 0.389 e. The SMILES string of the molecule is CCCC(O)(CCC)Cc1cn(C)nn1. The highest BCUT2D eigenvalue weighted by atomic mass is 16.3. The van der Waals surface area contributed by atoms with Gasteiger partial charge in [0.05, 0.1) is 11.3 Å². The molecule has 0 saturated carbocycles. The number of aromatic nitrogens is 3. The van der Waals surface area contributed by atoms with Gasteiger partial charge in [0.15, 0.2) is 0 Å². The average Bonchev–Trinajstić information content (AvgIpc) is 2.51. The second kappa shape index (κ2) is 5.26. The molecule has 0 aliphatic rings. The normalized spacial score (nSPS) is 12.0. The molecule has 15 heavy (non-hydrogen) atoms. The van der Waals surface area contributed by atoms with Crippen LogP contribution in [0.25, 0.3) is 0 Å². The predicted molar refractivity (Wildman–Crippen MR) is 59.5 cm³/mol. The van der Waals surface area contributed by atoms with E-state index in [1.54, 1.807) is 4.68 Å². The van der Waals surface area contributed by atoms with E-state index in [-0.39, 0.29) is 0 Å². The maximum Gasteiger partial charge on any atom is 0.0855 e. The average molecular weight is 211 g/mol. The van der Waals surface area contributed by atoms with Crippen molar-refractivity contribution < 1.29 is 5.11 Å². The lowest BCUT2D eigenvalue weighted by molar-refractivity contribution is 0.0207. The highest BCUT2D eigenvalue weighted by Crippen LogP contribution is 2.23. The zero-order valence-electron chi connectivity index (χ0n) is 9.90. The van der Waals surface area contributed by atoms with Crippen LogP contribution < -0.4 is 0 Å². The molecular weight excluding hydrogens is 190 g/mol. The van der Waals surface area contributed by atoms with Gasteiger partial charge in [-0.3, -0.25) is 4.68 Å². The molecule has 1 rings (SSSR count). The molecule has 0 unspecified atom stereocenters. The van der Waals surface area contributed by atoms with Crippen LogP contribution in [0.2, 0.25) is 0 Å². The van der Waals surface area contributed by atoms with E-state index in [2.05, 4.69) is 24.2 Å². The third-order valence-electron chi connectivity index (χ3n) is 2.59. The number of rotatable bonds is 6. The Morgan fingerprint density at radius 1 is 1.33 bits per heavy atom. The third-order valence-corrected chi connectivity index (χ3v) is 2.59. The van der Waals surface area contributed by atoms with Crippen LogP contribution in [0.1, 0.15) is 45.2 Å². The summed E-state index contributed by atoms with van der Waals surface area (Å²) in [6.45, 7) is 4.19. The summed E-state index contributed by atoms with van der Waals surface area (Å²) in [6, 6.07) is 0. The van der Waals surface area contributed by atoms with Gasteiger partial charge in [-0.25, -0.2) is 0 Å². The van der Waals surface area contributed by atoms with E-state index < -0.39 is 5.60 Å². The lowest BCUT2D eigenvalue weighted by Gasteiger charge is -2.26. The van der Waals surface area contributed by atoms with Crippen molar-refractivity contribution in [1.29, 1.82) is 0 Å². The van der Waals surface area contributed by atoms with Crippen molar-refractivity contribution in [2.45, 2.75) is 51.6 Å². The van der Waals surface area contributed by atoms with Crippen LogP contribution >= 0.6 is 0 Å². The van der Waals surface area contributed by atoms with E-state index >= 15 is 0 Å². The van der Waals surface area contributed by atoms with Gasteiger partial charge in [-0.1, -0.05) is 31.9 Å². The van der Waals surface area contributed by atoms with E-state index in [1.807, 2.05) is 13.2 Å². The molecule has 0 aromatic carbocycles. The molecule has 86 valence electrons. The number of aliphatic hydroxyl groups is 1. The summed E-state index contributed by atoms with van der Waals surface area (Å²) < 4.78 is 1.67. The van der Waals surface area contributed by atoms with Crippen molar-refractivity contribution in [2.24, 2.45) is 7.05 Å². The van der Waals surface area contributed by atoms with Crippen LogP contribution in [-0.2, 0) is 13.5 Å². The lowest BCUT2D eigenvalue weighted by atomic mass is 9.88. The van der Waals surface area contributed by atoms with Crippen molar-refractivity contribution in [3.8, 4) is 0 Å². The van der Waals surface area contributed by atoms with Crippen molar-refractivity contribution in [3.05, 3.63) is 11.9 Å². The Hall–Kier alpha value is -0.900. The molecule has 0 radical (unpaired) electrons. The Labute approximate surface area is 91.3 Å². The number of aryl methyl sites for hydroxylation is 1. The standard InChI is InChI=1S/C11H21N3O/c1-4-6-11(15,7-5-2)8-10-9-14(3)13-12-10/h9,15H,4-8H2,1-3H3. The van der Waals surface area contributed by atoms with Gasteiger partial charge in [-0.2, -0.15) is 0 Å². The summed E-state index contributed by atoms with van der Waals surface area (Å²) >= 11 is 0. The maximum absolute atomic E-state index is 10.4. The second-order valence-corrected chi connectivity index (χ2v) is 4.28.